The molecule has 3 heteroatoms. The summed E-state index contributed by atoms with van der Waals surface area (Å²) in [5, 5.41) is 3.62. The van der Waals surface area contributed by atoms with Gasteiger partial charge < -0.3 is 5.32 Å². The van der Waals surface area contributed by atoms with Crippen LogP contribution in [0.15, 0.2) is 0 Å². The summed E-state index contributed by atoms with van der Waals surface area (Å²) in [5.41, 5.74) is 0. The highest BCUT2D eigenvalue weighted by atomic mass is 15.3. The number of nitrogens with zero attached hydrogens (tertiary/aromatic N) is 2. The molecular formula is C14H29N3. The molecule has 2 aliphatic rings. The lowest BCUT2D eigenvalue weighted by Gasteiger charge is -2.41. The van der Waals surface area contributed by atoms with Crippen molar-refractivity contribution in [2.75, 3.05) is 32.7 Å². The molecule has 1 heterocycles. The van der Waals surface area contributed by atoms with Crippen LogP contribution in [0.25, 0.3) is 0 Å². The second-order valence-corrected chi connectivity index (χ2v) is 5.62. The van der Waals surface area contributed by atoms with Gasteiger partial charge in [-0.05, 0) is 32.7 Å². The van der Waals surface area contributed by atoms with E-state index in [1.165, 1.54) is 45.4 Å². The first-order valence-corrected chi connectivity index (χ1v) is 7.47. The standard InChI is InChI=1S/C14H29N3/c1-4-14(15-5-2)12(3)16-8-10-17(11-9-16)13-6-7-13/h12-15H,4-11H2,1-3H3. The van der Waals surface area contributed by atoms with Gasteiger partial charge >= 0.3 is 0 Å². The molecule has 0 spiro atoms. The molecule has 3 nitrogen and oxygen atoms in total. The summed E-state index contributed by atoms with van der Waals surface area (Å²) < 4.78 is 0. The molecule has 0 aromatic carbocycles. The molecule has 2 rings (SSSR count). The maximum absolute atomic E-state index is 3.62. The van der Waals surface area contributed by atoms with E-state index in [0.717, 1.165) is 12.6 Å². The summed E-state index contributed by atoms with van der Waals surface area (Å²) in [6, 6.07) is 2.29. The number of piperazine rings is 1. The number of rotatable bonds is 6. The Morgan fingerprint density at radius 1 is 1.12 bits per heavy atom. The van der Waals surface area contributed by atoms with Crippen molar-refractivity contribution in [3.8, 4) is 0 Å². The van der Waals surface area contributed by atoms with Crippen molar-refractivity contribution in [2.24, 2.45) is 0 Å². The van der Waals surface area contributed by atoms with Gasteiger partial charge in [0.15, 0.2) is 0 Å². The van der Waals surface area contributed by atoms with Gasteiger partial charge in [0, 0.05) is 44.3 Å². The molecule has 1 saturated heterocycles. The number of hydrogen-bond acceptors (Lipinski definition) is 3. The Morgan fingerprint density at radius 3 is 2.24 bits per heavy atom. The van der Waals surface area contributed by atoms with Gasteiger partial charge in [0.05, 0.1) is 0 Å². The Bertz CT molecular complexity index is 220. The molecule has 0 aromatic rings. The van der Waals surface area contributed by atoms with E-state index in [1.54, 1.807) is 0 Å². The first kappa shape index (κ1) is 13.3. The zero-order chi connectivity index (χ0) is 12.3. The third kappa shape index (κ3) is 3.43. The second-order valence-electron chi connectivity index (χ2n) is 5.62. The lowest BCUT2D eigenvalue weighted by Crippen LogP contribution is -2.55. The van der Waals surface area contributed by atoms with E-state index in [0.29, 0.717) is 12.1 Å². The first-order chi connectivity index (χ1) is 8.26. The van der Waals surface area contributed by atoms with E-state index in [2.05, 4.69) is 35.9 Å². The molecule has 1 aliphatic heterocycles. The molecular weight excluding hydrogens is 210 g/mol. The minimum Gasteiger partial charge on any atom is -0.313 e. The van der Waals surface area contributed by atoms with Crippen molar-refractivity contribution >= 4 is 0 Å². The molecule has 0 amide bonds. The summed E-state index contributed by atoms with van der Waals surface area (Å²) >= 11 is 0. The summed E-state index contributed by atoms with van der Waals surface area (Å²) in [5.74, 6) is 0. The van der Waals surface area contributed by atoms with Crippen LogP contribution in [0.2, 0.25) is 0 Å². The van der Waals surface area contributed by atoms with E-state index in [1.807, 2.05) is 0 Å². The topological polar surface area (TPSA) is 18.5 Å². The van der Waals surface area contributed by atoms with Gasteiger partial charge in [-0.3, -0.25) is 9.80 Å². The molecule has 2 fully saturated rings. The van der Waals surface area contributed by atoms with Crippen LogP contribution < -0.4 is 5.32 Å². The van der Waals surface area contributed by atoms with E-state index < -0.39 is 0 Å². The highest BCUT2D eigenvalue weighted by molar-refractivity contribution is 4.90. The molecule has 1 N–H and O–H groups in total. The van der Waals surface area contributed by atoms with E-state index >= 15 is 0 Å². The van der Waals surface area contributed by atoms with Crippen molar-refractivity contribution in [1.29, 1.82) is 0 Å². The van der Waals surface area contributed by atoms with Crippen molar-refractivity contribution in [1.82, 2.24) is 15.1 Å². The summed E-state index contributed by atoms with van der Waals surface area (Å²) in [4.78, 5) is 5.37. The van der Waals surface area contributed by atoms with Crippen molar-refractivity contribution in [3.63, 3.8) is 0 Å². The SMILES string of the molecule is CCNC(CC)C(C)N1CCN(C2CC2)CC1. The van der Waals surface area contributed by atoms with Gasteiger partial charge in [-0.1, -0.05) is 13.8 Å². The van der Waals surface area contributed by atoms with Gasteiger partial charge in [0.1, 0.15) is 0 Å². The van der Waals surface area contributed by atoms with Crippen molar-refractivity contribution in [2.45, 2.75) is 58.2 Å². The van der Waals surface area contributed by atoms with Crippen molar-refractivity contribution in [3.05, 3.63) is 0 Å². The Hall–Kier alpha value is -0.120. The monoisotopic (exact) mass is 239 g/mol. The third-order valence-electron chi connectivity index (χ3n) is 4.48. The summed E-state index contributed by atoms with van der Waals surface area (Å²) in [6.45, 7) is 13.1. The second kappa shape index (κ2) is 6.17. The molecule has 100 valence electrons. The van der Waals surface area contributed by atoms with E-state index in [4.69, 9.17) is 0 Å². The largest absolute Gasteiger partial charge is 0.313 e. The van der Waals surface area contributed by atoms with Crippen LogP contribution in [0.1, 0.15) is 40.0 Å². The molecule has 1 saturated carbocycles. The van der Waals surface area contributed by atoms with E-state index in [-0.39, 0.29) is 0 Å². The molecule has 0 radical (unpaired) electrons. The average Bonchev–Trinajstić information content (AvgIpc) is 3.19. The van der Waals surface area contributed by atoms with Crippen LogP contribution in [0.3, 0.4) is 0 Å². The van der Waals surface area contributed by atoms with Gasteiger partial charge in [0.2, 0.25) is 0 Å². The molecule has 0 bridgehead atoms. The van der Waals surface area contributed by atoms with Crippen molar-refractivity contribution < 1.29 is 0 Å². The Balaban J connectivity index is 1.77. The molecule has 2 atom stereocenters. The zero-order valence-electron chi connectivity index (χ0n) is 11.8. The Labute approximate surface area is 107 Å². The number of nitrogens with one attached hydrogen (secondary N) is 1. The van der Waals surface area contributed by atoms with Gasteiger partial charge in [-0.15, -0.1) is 0 Å². The van der Waals surface area contributed by atoms with Crippen LogP contribution in [0, 0.1) is 0 Å². The highest BCUT2D eigenvalue weighted by Gasteiger charge is 2.33. The first-order valence-electron chi connectivity index (χ1n) is 7.47. The molecule has 17 heavy (non-hydrogen) atoms. The smallest absolute Gasteiger partial charge is 0.0222 e. The third-order valence-corrected chi connectivity index (χ3v) is 4.48. The van der Waals surface area contributed by atoms with Crippen LogP contribution in [0.4, 0.5) is 0 Å². The Morgan fingerprint density at radius 2 is 1.76 bits per heavy atom. The fourth-order valence-electron chi connectivity index (χ4n) is 3.12. The lowest BCUT2D eigenvalue weighted by atomic mass is 10.0. The van der Waals surface area contributed by atoms with Crippen LogP contribution in [0.5, 0.6) is 0 Å². The maximum Gasteiger partial charge on any atom is 0.0222 e. The normalized spacial score (nSPS) is 27.0. The quantitative estimate of drug-likeness (QED) is 0.758. The molecule has 2 unspecified atom stereocenters. The predicted molar refractivity (Wildman–Crippen MR) is 73.4 cm³/mol. The van der Waals surface area contributed by atoms with Gasteiger partial charge in [-0.2, -0.15) is 0 Å². The molecule has 1 aliphatic carbocycles. The Kier molecular flexibility index (Phi) is 4.83. The lowest BCUT2D eigenvalue weighted by molar-refractivity contribution is 0.0811. The van der Waals surface area contributed by atoms with Gasteiger partial charge in [0.25, 0.3) is 0 Å². The molecule has 0 aromatic heterocycles. The van der Waals surface area contributed by atoms with Gasteiger partial charge in [-0.25, -0.2) is 0 Å². The fourth-order valence-corrected chi connectivity index (χ4v) is 3.12. The zero-order valence-corrected chi connectivity index (χ0v) is 11.8. The fraction of sp³-hybridized carbons (Fsp3) is 1.00. The highest BCUT2D eigenvalue weighted by Crippen LogP contribution is 2.27. The number of hydrogen-bond donors (Lipinski definition) is 1. The summed E-state index contributed by atoms with van der Waals surface area (Å²) in [6.07, 6.45) is 4.13. The van der Waals surface area contributed by atoms with E-state index in [9.17, 15) is 0 Å². The predicted octanol–water partition coefficient (Wildman–Crippen LogP) is 1.54. The minimum absolute atomic E-state index is 0.660. The van der Waals surface area contributed by atoms with Crippen LogP contribution in [-0.2, 0) is 0 Å². The maximum atomic E-state index is 3.62. The average molecular weight is 239 g/mol. The van der Waals surface area contributed by atoms with Crippen LogP contribution in [-0.4, -0.2) is 60.6 Å². The van der Waals surface area contributed by atoms with Crippen LogP contribution >= 0.6 is 0 Å². The summed E-state index contributed by atoms with van der Waals surface area (Å²) in [7, 11) is 0. The number of likely N-dealkylation sites (N-methyl/N-ethyl adjacent to an activating group) is 1. The minimum atomic E-state index is 0.660.